The van der Waals surface area contributed by atoms with E-state index in [1.165, 1.54) is 16.6 Å². The molecule has 0 saturated heterocycles. The van der Waals surface area contributed by atoms with Gasteiger partial charge in [-0.05, 0) is 17.5 Å². The van der Waals surface area contributed by atoms with Gasteiger partial charge in [0.05, 0.1) is 0 Å². The van der Waals surface area contributed by atoms with Crippen molar-refractivity contribution in [1.29, 1.82) is 0 Å². The highest BCUT2D eigenvalue weighted by molar-refractivity contribution is 5.82. The van der Waals surface area contributed by atoms with Gasteiger partial charge in [-0.3, -0.25) is 0 Å². The van der Waals surface area contributed by atoms with Crippen LogP contribution >= 0.6 is 0 Å². The van der Waals surface area contributed by atoms with Crippen LogP contribution < -0.4 is 0 Å². The Labute approximate surface area is 94.7 Å². The van der Waals surface area contributed by atoms with Crippen molar-refractivity contribution < 1.29 is 0 Å². The SMILES string of the molecule is [c]1c[nH]c2c(Cc3ccccc3)cccc12. The van der Waals surface area contributed by atoms with Crippen molar-refractivity contribution in [2.45, 2.75) is 6.42 Å². The van der Waals surface area contributed by atoms with Gasteiger partial charge >= 0.3 is 0 Å². The Hall–Kier alpha value is -2.02. The average molecular weight is 206 g/mol. The van der Waals surface area contributed by atoms with E-state index in [-0.39, 0.29) is 0 Å². The molecule has 1 heterocycles. The van der Waals surface area contributed by atoms with Crippen LogP contribution in [0.15, 0.2) is 54.7 Å². The van der Waals surface area contributed by atoms with Crippen LogP contribution in [0.2, 0.25) is 0 Å². The van der Waals surface area contributed by atoms with Crippen molar-refractivity contribution in [3.8, 4) is 0 Å². The van der Waals surface area contributed by atoms with Gasteiger partial charge in [-0.25, -0.2) is 0 Å². The zero-order valence-corrected chi connectivity index (χ0v) is 8.90. The second-order valence-corrected chi connectivity index (χ2v) is 3.94. The second-order valence-electron chi connectivity index (χ2n) is 3.94. The third-order valence-corrected chi connectivity index (χ3v) is 2.83. The first kappa shape index (κ1) is 9.22. The van der Waals surface area contributed by atoms with Crippen LogP contribution in [0.5, 0.6) is 0 Å². The summed E-state index contributed by atoms with van der Waals surface area (Å²) in [6, 6.07) is 20.1. The van der Waals surface area contributed by atoms with E-state index in [4.69, 9.17) is 0 Å². The maximum absolute atomic E-state index is 3.25. The van der Waals surface area contributed by atoms with Crippen LogP contribution in [0.1, 0.15) is 11.1 Å². The lowest BCUT2D eigenvalue weighted by Gasteiger charge is -2.03. The lowest BCUT2D eigenvalue weighted by Crippen LogP contribution is -1.88. The number of aromatic nitrogens is 1. The van der Waals surface area contributed by atoms with Gasteiger partial charge in [0.25, 0.3) is 0 Å². The Balaban J connectivity index is 2.04. The summed E-state index contributed by atoms with van der Waals surface area (Å²) in [4.78, 5) is 3.25. The van der Waals surface area contributed by atoms with Gasteiger partial charge in [0.15, 0.2) is 0 Å². The number of para-hydroxylation sites is 1. The van der Waals surface area contributed by atoms with Crippen LogP contribution in [0.3, 0.4) is 0 Å². The van der Waals surface area contributed by atoms with Crippen LogP contribution in [0.25, 0.3) is 10.9 Å². The number of hydrogen-bond acceptors (Lipinski definition) is 0. The lowest BCUT2D eigenvalue weighted by molar-refractivity contribution is 1.20. The van der Waals surface area contributed by atoms with Crippen molar-refractivity contribution in [1.82, 2.24) is 4.98 Å². The van der Waals surface area contributed by atoms with Gasteiger partial charge < -0.3 is 4.98 Å². The van der Waals surface area contributed by atoms with E-state index < -0.39 is 0 Å². The molecule has 0 bridgehead atoms. The Morgan fingerprint density at radius 1 is 0.938 bits per heavy atom. The predicted octanol–water partition coefficient (Wildman–Crippen LogP) is 3.56. The fourth-order valence-corrected chi connectivity index (χ4v) is 2.04. The normalized spacial score (nSPS) is 10.8. The third-order valence-electron chi connectivity index (χ3n) is 2.83. The van der Waals surface area contributed by atoms with Crippen molar-refractivity contribution in [2.75, 3.05) is 0 Å². The highest BCUT2D eigenvalue weighted by Crippen LogP contribution is 2.19. The molecule has 0 atom stereocenters. The lowest BCUT2D eigenvalue weighted by atomic mass is 10.0. The fraction of sp³-hybridized carbons (Fsp3) is 0.0667. The van der Waals surface area contributed by atoms with Gasteiger partial charge in [-0.1, -0.05) is 48.5 Å². The zero-order valence-electron chi connectivity index (χ0n) is 8.90. The summed E-state index contributed by atoms with van der Waals surface area (Å²) < 4.78 is 0. The van der Waals surface area contributed by atoms with Crippen LogP contribution in [-0.2, 0) is 6.42 Å². The van der Waals surface area contributed by atoms with Crippen LogP contribution in [-0.4, -0.2) is 4.98 Å². The van der Waals surface area contributed by atoms with Gasteiger partial charge in [0.1, 0.15) is 0 Å². The largest absolute Gasteiger partial charge is 0.360 e. The molecule has 1 heteroatoms. The summed E-state index contributed by atoms with van der Waals surface area (Å²) in [5.41, 5.74) is 3.86. The predicted molar refractivity (Wildman–Crippen MR) is 66.4 cm³/mol. The smallest absolute Gasteiger partial charge is 0.0496 e. The summed E-state index contributed by atoms with van der Waals surface area (Å²) in [6.45, 7) is 0. The van der Waals surface area contributed by atoms with E-state index in [1.54, 1.807) is 0 Å². The molecule has 0 aliphatic carbocycles. The third kappa shape index (κ3) is 1.61. The van der Waals surface area contributed by atoms with E-state index in [0.717, 1.165) is 11.8 Å². The number of hydrogen-bond donors (Lipinski definition) is 1. The molecule has 2 aromatic carbocycles. The summed E-state index contributed by atoms with van der Waals surface area (Å²) >= 11 is 0. The molecule has 1 nitrogen and oxygen atoms in total. The molecular weight excluding hydrogens is 194 g/mol. The Morgan fingerprint density at radius 3 is 2.69 bits per heavy atom. The van der Waals surface area contributed by atoms with E-state index in [1.807, 2.05) is 12.3 Å². The maximum atomic E-state index is 3.25. The van der Waals surface area contributed by atoms with Crippen LogP contribution in [0.4, 0.5) is 0 Å². The number of nitrogens with one attached hydrogen (secondary N) is 1. The average Bonchev–Trinajstić information content (AvgIpc) is 2.80. The monoisotopic (exact) mass is 206 g/mol. The molecule has 1 N–H and O–H groups in total. The van der Waals surface area contributed by atoms with Gasteiger partial charge in [-0.15, -0.1) is 0 Å². The van der Waals surface area contributed by atoms with E-state index >= 15 is 0 Å². The number of aromatic amines is 1. The minimum absolute atomic E-state index is 0.965. The molecule has 0 aliphatic rings. The number of benzene rings is 2. The fourth-order valence-electron chi connectivity index (χ4n) is 2.04. The molecule has 0 unspecified atom stereocenters. The summed E-state index contributed by atoms with van der Waals surface area (Å²) in [5, 5.41) is 1.16. The first-order chi connectivity index (χ1) is 7.93. The Kier molecular flexibility index (Phi) is 2.22. The second kappa shape index (κ2) is 3.86. The minimum atomic E-state index is 0.965. The summed E-state index contributed by atoms with van der Waals surface area (Å²) in [6.07, 6.45) is 2.84. The zero-order chi connectivity index (χ0) is 10.8. The van der Waals surface area contributed by atoms with Gasteiger partial charge in [0, 0.05) is 23.2 Å². The topological polar surface area (TPSA) is 15.8 Å². The van der Waals surface area contributed by atoms with Crippen molar-refractivity contribution in [3.05, 3.63) is 71.9 Å². The molecule has 1 aromatic heterocycles. The Bertz CT molecular complexity index is 593. The minimum Gasteiger partial charge on any atom is -0.360 e. The van der Waals surface area contributed by atoms with E-state index in [0.29, 0.717) is 0 Å². The molecule has 3 aromatic rings. The van der Waals surface area contributed by atoms with Gasteiger partial charge in [-0.2, -0.15) is 0 Å². The van der Waals surface area contributed by atoms with E-state index in [2.05, 4.69) is 53.5 Å². The molecule has 77 valence electrons. The summed E-state index contributed by atoms with van der Waals surface area (Å²) in [7, 11) is 0. The van der Waals surface area contributed by atoms with Crippen molar-refractivity contribution in [3.63, 3.8) is 0 Å². The van der Waals surface area contributed by atoms with Crippen molar-refractivity contribution >= 4 is 10.9 Å². The Morgan fingerprint density at radius 2 is 1.81 bits per heavy atom. The molecule has 0 aliphatic heterocycles. The molecule has 16 heavy (non-hydrogen) atoms. The highest BCUT2D eigenvalue weighted by atomic mass is 14.7. The first-order valence-corrected chi connectivity index (χ1v) is 5.44. The first-order valence-electron chi connectivity index (χ1n) is 5.44. The van der Waals surface area contributed by atoms with E-state index in [9.17, 15) is 0 Å². The molecule has 0 spiro atoms. The molecular formula is C15H12N. The quantitative estimate of drug-likeness (QED) is 0.660. The summed E-state index contributed by atoms with van der Waals surface area (Å²) in [5.74, 6) is 0. The highest BCUT2D eigenvalue weighted by Gasteiger charge is 2.02. The molecule has 1 radical (unpaired) electrons. The van der Waals surface area contributed by atoms with Crippen LogP contribution in [0, 0.1) is 6.07 Å². The molecule has 3 rings (SSSR count). The number of rotatable bonds is 2. The molecule has 0 saturated carbocycles. The standard InChI is InChI=1S/C15H12N/c1-2-5-12(6-3-1)11-14-8-4-7-13-9-10-16-15(13)14/h1-8,10,16H,11H2. The van der Waals surface area contributed by atoms with Crippen molar-refractivity contribution in [2.24, 2.45) is 0 Å². The maximum Gasteiger partial charge on any atom is 0.0496 e. The number of H-pyrrole nitrogens is 1. The van der Waals surface area contributed by atoms with Gasteiger partial charge in [0.2, 0.25) is 0 Å². The molecule has 0 fully saturated rings. The molecule has 0 amide bonds. The number of fused-ring (bicyclic) bond motifs is 1.